The van der Waals surface area contributed by atoms with Crippen molar-refractivity contribution in [3.63, 3.8) is 0 Å². The minimum atomic E-state index is 0.793. The number of hydrogen-bond acceptors (Lipinski definition) is 1. The fourth-order valence-electron chi connectivity index (χ4n) is 0.743. The van der Waals surface area contributed by atoms with Gasteiger partial charge in [-0.1, -0.05) is 24.3 Å². The maximum Gasteiger partial charge on any atom is 0.0314 e. The van der Waals surface area contributed by atoms with Crippen molar-refractivity contribution in [1.82, 2.24) is 0 Å². The van der Waals surface area contributed by atoms with Crippen LogP contribution in [-0.2, 0) is 0 Å². The number of anilines is 1. The number of allylic oxidation sites excluding steroid dienone is 1. The van der Waals surface area contributed by atoms with Crippen LogP contribution in [0.2, 0.25) is 0 Å². The Morgan fingerprint density at radius 1 is 1.20 bits per heavy atom. The van der Waals surface area contributed by atoms with Gasteiger partial charge in [0.05, 0.1) is 0 Å². The van der Waals surface area contributed by atoms with E-state index in [4.69, 9.17) is 5.73 Å². The molecule has 1 aromatic carbocycles. The smallest absolute Gasteiger partial charge is 0.0314 e. The summed E-state index contributed by atoms with van der Waals surface area (Å²) in [6, 6.07) is 7.65. The molecule has 2 N–H and O–H groups in total. The van der Waals surface area contributed by atoms with Crippen molar-refractivity contribution in [2.45, 2.75) is 0 Å². The van der Waals surface area contributed by atoms with Crippen LogP contribution in [0.15, 0.2) is 30.3 Å². The summed E-state index contributed by atoms with van der Waals surface area (Å²) in [5.74, 6) is 0. The van der Waals surface area contributed by atoms with Crippen LogP contribution in [0, 0.1) is 6.92 Å². The van der Waals surface area contributed by atoms with Crippen molar-refractivity contribution in [2.75, 3.05) is 5.73 Å². The molecule has 0 aliphatic rings. The lowest BCUT2D eigenvalue weighted by molar-refractivity contribution is 1.64. The molecular weight excluding hydrogens is 122 g/mol. The molecule has 0 saturated carbocycles. The van der Waals surface area contributed by atoms with E-state index in [1.165, 1.54) is 0 Å². The maximum absolute atomic E-state index is 5.48. The Kier molecular flexibility index (Phi) is 2.11. The molecule has 0 amide bonds. The van der Waals surface area contributed by atoms with Crippen molar-refractivity contribution >= 4 is 11.8 Å². The van der Waals surface area contributed by atoms with Crippen LogP contribution in [0.4, 0.5) is 5.69 Å². The number of hydrogen-bond donors (Lipinski definition) is 1. The third kappa shape index (κ3) is 1.62. The van der Waals surface area contributed by atoms with Crippen molar-refractivity contribution in [2.24, 2.45) is 0 Å². The van der Waals surface area contributed by atoms with E-state index in [9.17, 15) is 0 Å². The van der Waals surface area contributed by atoms with Crippen LogP contribution in [0.3, 0.4) is 0 Å². The van der Waals surface area contributed by atoms with Crippen LogP contribution in [0.25, 0.3) is 6.08 Å². The second-order valence-electron chi connectivity index (χ2n) is 2.07. The van der Waals surface area contributed by atoms with E-state index >= 15 is 0 Å². The molecule has 0 fully saturated rings. The molecule has 1 aromatic rings. The molecule has 0 bridgehead atoms. The summed E-state index contributed by atoms with van der Waals surface area (Å²) in [5.41, 5.74) is 7.40. The van der Waals surface area contributed by atoms with Gasteiger partial charge in [-0.25, -0.2) is 0 Å². The molecule has 10 heavy (non-hydrogen) atoms. The second kappa shape index (κ2) is 3.06. The predicted octanol–water partition coefficient (Wildman–Crippen LogP) is 2.12. The molecule has 0 atom stereocenters. The van der Waals surface area contributed by atoms with Gasteiger partial charge < -0.3 is 5.73 Å². The van der Waals surface area contributed by atoms with Crippen LogP contribution in [0.5, 0.6) is 0 Å². The Hall–Kier alpha value is -1.24. The van der Waals surface area contributed by atoms with Gasteiger partial charge in [0.2, 0.25) is 0 Å². The average molecular weight is 132 g/mol. The molecule has 0 spiro atoms. The van der Waals surface area contributed by atoms with Gasteiger partial charge in [-0.15, -0.1) is 0 Å². The van der Waals surface area contributed by atoms with Crippen molar-refractivity contribution in [3.05, 3.63) is 42.8 Å². The zero-order chi connectivity index (χ0) is 7.40. The fraction of sp³-hybridized carbons (Fsp3) is 0. The fourth-order valence-corrected chi connectivity index (χ4v) is 0.743. The largest absolute Gasteiger partial charge is 0.399 e. The molecule has 51 valence electrons. The van der Waals surface area contributed by atoms with Gasteiger partial charge >= 0.3 is 0 Å². The monoisotopic (exact) mass is 132 g/mol. The lowest BCUT2D eigenvalue weighted by atomic mass is 10.2. The zero-order valence-corrected chi connectivity index (χ0v) is 5.75. The second-order valence-corrected chi connectivity index (χ2v) is 2.07. The maximum atomic E-state index is 5.48. The molecule has 0 aliphatic heterocycles. The summed E-state index contributed by atoms with van der Waals surface area (Å²) in [6.45, 7) is 3.59. The molecular formula is C9H10N. The van der Waals surface area contributed by atoms with E-state index in [0.29, 0.717) is 0 Å². The first-order chi connectivity index (χ1) is 4.83. The molecule has 0 unspecified atom stereocenters. The van der Waals surface area contributed by atoms with Gasteiger partial charge in [0.25, 0.3) is 0 Å². The van der Waals surface area contributed by atoms with Gasteiger partial charge in [-0.2, -0.15) is 0 Å². The molecule has 1 nitrogen and oxygen atoms in total. The normalized spacial score (nSPS) is 10.5. The summed E-state index contributed by atoms with van der Waals surface area (Å²) in [7, 11) is 0. The van der Waals surface area contributed by atoms with Gasteiger partial charge in [-0.05, 0) is 24.6 Å². The highest BCUT2D eigenvalue weighted by molar-refractivity contribution is 5.53. The van der Waals surface area contributed by atoms with E-state index in [1.807, 2.05) is 30.3 Å². The molecule has 0 saturated heterocycles. The summed E-state index contributed by atoms with van der Waals surface area (Å²) in [6.07, 6.45) is 3.69. The number of rotatable bonds is 1. The molecule has 0 aromatic heterocycles. The first kappa shape index (κ1) is 6.87. The van der Waals surface area contributed by atoms with E-state index in [-0.39, 0.29) is 0 Å². The van der Waals surface area contributed by atoms with Gasteiger partial charge in [0, 0.05) is 5.69 Å². The lowest BCUT2D eigenvalue weighted by Crippen LogP contribution is -1.82. The highest BCUT2D eigenvalue weighted by atomic mass is 14.5. The minimum Gasteiger partial charge on any atom is -0.399 e. The van der Waals surface area contributed by atoms with Gasteiger partial charge in [-0.3, -0.25) is 0 Å². The topological polar surface area (TPSA) is 26.0 Å². The van der Waals surface area contributed by atoms with Gasteiger partial charge in [0.15, 0.2) is 0 Å². The van der Waals surface area contributed by atoms with Crippen LogP contribution < -0.4 is 5.73 Å². The van der Waals surface area contributed by atoms with E-state index in [0.717, 1.165) is 11.3 Å². The van der Waals surface area contributed by atoms with Crippen LogP contribution in [0.1, 0.15) is 5.56 Å². The average Bonchev–Trinajstić information content (AvgIpc) is 1.95. The summed E-state index contributed by atoms with van der Waals surface area (Å²) in [4.78, 5) is 0. The zero-order valence-electron chi connectivity index (χ0n) is 5.75. The van der Waals surface area contributed by atoms with Gasteiger partial charge in [0.1, 0.15) is 0 Å². The van der Waals surface area contributed by atoms with E-state index < -0.39 is 0 Å². The van der Waals surface area contributed by atoms with Crippen molar-refractivity contribution in [3.8, 4) is 0 Å². The SMILES string of the molecule is [CH2]/C=C/c1ccc(N)cc1. The first-order valence-corrected chi connectivity index (χ1v) is 3.14. The van der Waals surface area contributed by atoms with Crippen LogP contribution in [-0.4, -0.2) is 0 Å². The third-order valence-corrected chi connectivity index (χ3v) is 1.25. The highest BCUT2D eigenvalue weighted by Crippen LogP contribution is 2.06. The summed E-state index contributed by atoms with van der Waals surface area (Å²) >= 11 is 0. The Morgan fingerprint density at radius 3 is 2.30 bits per heavy atom. The predicted molar refractivity (Wildman–Crippen MR) is 45.2 cm³/mol. The summed E-state index contributed by atoms with van der Waals surface area (Å²) in [5, 5.41) is 0. The molecule has 1 radical (unpaired) electrons. The standard InChI is InChI=1S/C9H10N/c1-2-3-8-4-6-9(10)7-5-8/h2-7H,1,10H2/b3-2+. The molecule has 1 heteroatoms. The molecule has 0 heterocycles. The number of benzene rings is 1. The first-order valence-electron chi connectivity index (χ1n) is 3.14. The minimum absolute atomic E-state index is 0.793. The van der Waals surface area contributed by atoms with E-state index in [2.05, 4.69) is 6.92 Å². The Bertz CT molecular complexity index is 221. The highest BCUT2D eigenvalue weighted by Gasteiger charge is 1.83. The Labute approximate surface area is 61.2 Å². The molecule has 1 rings (SSSR count). The quantitative estimate of drug-likeness (QED) is 0.582. The van der Waals surface area contributed by atoms with Crippen LogP contribution >= 0.6 is 0 Å². The van der Waals surface area contributed by atoms with Crippen molar-refractivity contribution in [1.29, 1.82) is 0 Å². The Morgan fingerprint density at radius 2 is 1.80 bits per heavy atom. The summed E-state index contributed by atoms with van der Waals surface area (Å²) < 4.78 is 0. The number of nitrogens with two attached hydrogens (primary N) is 1. The third-order valence-electron chi connectivity index (χ3n) is 1.25. The molecule has 0 aliphatic carbocycles. The van der Waals surface area contributed by atoms with Crippen molar-refractivity contribution < 1.29 is 0 Å². The lowest BCUT2D eigenvalue weighted by Gasteiger charge is -1.92. The Balaban J connectivity index is 2.89. The van der Waals surface area contributed by atoms with E-state index in [1.54, 1.807) is 6.08 Å². The number of nitrogen functional groups attached to an aromatic ring is 1.